The third-order valence-electron chi connectivity index (χ3n) is 5.68. The maximum absolute atomic E-state index is 12.8. The van der Waals surface area contributed by atoms with Crippen LogP contribution in [0.3, 0.4) is 0 Å². The van der Waals surface area contributed by atoms with Crippen molar-refractivity contribution in [3.63, 3.8) is 0 Å². The molecular formula is C19H29N3O2S. The molecule has 5 nitrogen and oxygen atoms in total. The summed E-state index contributed by atoms with van der Waals surface area (Å²) in [6.45, 7) is 5.81. The molecule has 6 heteroatoms. The highest BCUT2D eigenvalue weighted by Crippen LogP contribution is 2.30. The predicted molar refractivity (Wildman–Crippen MR) is 101 cm³/mol. The molecule has 0 aliphatic carbocycles. The van der Waals surface area contributed by atoms with E-state index in [1.165, 1.54) is 11.3 Å². The van der Waals surface area contributed by atoms with Crippen molar-refractivity contribution in [1.82, 2.24) is 15.1 Å². The lowest BCUT2D eigenvalue weighted by Gasteiger charge is -2.39. The number of hydrogen-bond donors (Lipinski definition) is 1. The number of nitrogens with one attached hydrogen (secondary N) is 1. The minimum absolute atomic E-state index is 0.000327. The van der Waals surface area contributed by atoms with Crippen molar-refractivity contribution in [1.29, 1.82) is 0 Å². The second-order valence-corrected chi connectivity index (χ2v) is 8.77. The molecule has 1 unspecified atom stereocenters. The Hall–Kier alpha value is -1.40. The van der Waals surface area contributed by atoms with Gasteiger partial charge in [0.2, 0.25) is 5.91 Å². The molecule has 2 aliphatic heterocycles. The number of hydrogen-bond acceptors (Lipinski definition) is 4. The third-order valence-corrected chi connectivity index (χ3v) is 6.54. The minimum atomic E-state index is -0.321. The number of likely N-dealkylation sites (tertiary alicyclic amines) is 2. The van der Waals surface area contributed by atoms with Crippen molar-refractivity contribution in [3.8, 4) is 0 Å². The first kappa shape index (κ1) is 18.4. The van der Waals surface area contributed by atoms with Crippen LogP contribution in [0, 0.1) is 5.41 Å². The van der Waals surface area contributed by atoms with Gasteiger partial charge in [0.05, 0.1) is 4.88 Å². The molecule has 1 aromatic rings. The zero-order chi connectivity index (χ0) is 17.9. The summed E-state index contributed by atoms with van der Waals surface area (Å²) in [5.41, 5.74) is 0.166. The average molecular weight is 364 g/mol. The summed E-state index contributed by atoms with van der Waals surface area (Å²) in [7, 11) is 2.15. The smallest absolute Gasteiger partial charge is 0.264 e. The largest absolute Gasteiger partial charge is 0.354 e. The molecule has 1 aromatic heterocycles. The lowest BCUT2D eigenvalue weighted by molar-refractivity contribution is -0.127. The van der Waals surface area contributed by atoms with Crippen LogP contribution in [0.5, 0.6) is 0 Å². The Morgan fingerprint density at radius 2 is 2.04 bits per heavy atom. The zero-order valence-corrected chi connectivity index (χ0v) is 16.1. The highest BCUT2D eigenvalue weighted by molar-refractivity contribution is 7.12. The number of nitrogens with zero attached hydrogens (tertiary/aromatic N) is 2. The summed E-state index contributed by atoms with van der Waals surface area (Å²) < 4.78 is 0. The molecule has 3 rings (SSSR count). The molecule has 1 N–H and O–H groups in total. The van der Waals surface area contributed by atoms with E-state index in [0.29, 0.717) is 13.1 Å². The Kier molecular flexibility index (Phi) is 5.79. The van der Waals surface area contributed by atoms with Crippen LogP contribution < -0.4 is 5.32 Å². The molecule has 0 spiro atoms. The Labute approximate surface area is 154 Å². The molecule has 0 aromatic carbocycles. The Morgan fingerprint density at radius 1 is 1.28 bits per heavy atom. The summed E-state index contributed by atoms with van der Waals surface area (Å²) >= 11 is 1.45. The lowest BCUT2D eigenvalue weighted by atomic mass is 9.80. The molecule has 2 fully saturated rings. The molecule has 1 atom stereocenters. The van der Waals surface area contributed by atoms with Crippen molar-refractivity contribution in [3.05, 3.63) is 22.4 Å². The average Bonchev–Trinajstić information content (AvgIpc) is 3.17. The topological polar surface area (TPSA) is 52.7 Å². The summed E-state index contributed by atoms with van der Waals surface area (Å²) in [5.74, 6) is 0.0186. The molecule has 138 valence electrons. The third kappa shape index (κ3) is 4.42. The van der Waals surface area contributed by atoms with Crippen molar-refractivity contribution in [2.45, 2.75) is 45.1 Å². The predicted octanol–water partition coefficient (Wildman–Crippen LogP) is 2.59. The maximum atomic E-state index is 12.8. The van der Waals surface area contributed by atoms with Gasteiger partial charge in [0.1, 0.15) is 6.04 Å². The first-order chi connectivity index (χ1) is 12.0. The van der Waals surface area contributed by atoms with Gasteiger partial charge >= 0.3 is 0 Å². The van der Waals surface area contributed by atoms with Crippen LogP contribution in [-0.2, 0) is 4.79 Å². The second-order valence-electron chi connectivity index (χ2n) is 7.82. The first-order valence-electron chi connectivity index (χ1n) is 9.29. The molecule has 2 saturated heterocycles. The summed E-state index contributed by atoms with van der Waals surface area (Å²) in [6, 6.07) is 3.41. The van der Waals surface area contributed by atoms with E-state index < -0.39 is 0 Å². The zero-order valence-electron chi connectivity index (χ0n) is 15.3. The number of piperidine rings is 2. The van der Waals surface area contributed by atoms with Gasteiger partial charge in [-0.15, -0.1) is 11.3 Å². The van der Waals surface area contributed by atoms with E-state index in [9.17, 15) is 9.59 Å². The van der Waals surface area contributed by atoms with E-state index in [0.717, 1.165) is 50.1 Å². The lowest BCUT2D eigenvalue weighted by Crippen LogP contribution is -2.53. The first-order valence-corrected chi connectivity index (χ1v) is 10.2. The van der Waals surface area contributed by atoms with Gasteiger partial charge in [-0.1, -0.05) is 13.0 Å². The standard InChI is InChI=1S/C19H29N3O2S/c1-19(8-11-21(2)12-9-19)14-20-17(23)15-6-3-4-10-22(15)18(24)16-7-5-13-25-16/h5,7,13,15H,3-4,6,8-12,14H2,1-2H3,(H,20,23). The fourth-order valence-corrected chi connectivity index (χ4v) is 4.42. The minimum Gasteiger partial charge on any atom is -0.354 e. The van der Waals surface area contributed by atoms with Crippen molar-refractivity contribution in [2.75, 3.05) is 33.2 Å². The van der Waals surface area contributed by atoms with Crippen LogP contribution in [0.15, 0.2) is 17.5 Å². The van der Waals surface area contributed by atoms with Crippen LogP contribution >= 0.6 is 11.3 Å². The Balaban J connectivity index is 1.60. The number of thiophene rings is 1. The molecule has 0 radical (unpaired) electrons. The number of carbonyl (C=O) groups is 2. The summed E-state index contributed by atoms with van der Waals surface area (Å²) in [5, 5.41) is 5.07. The van der Waals surface area contributed by atoms with Crippen LogP contribution in [-0.4, -0.2) is 60.9 Å². The van der Waals surface area contributed by atoms with Crippen LogP contribution in [0.4, 0.5) is 0 Å². The van der Waals surface area contributed by atoms with Gasteiger partial charge < -0.3 is 15.1 Å². The normalized spacial score (nSPS) is 24.1. The van der Waals surface area contributed by atoms with Gasteiger partial charge in [0.25, 0.3) is 5.91 Å². The molecule has 0 saturated carbocycles. The SMILES string of the molecule is CN1CCC(C)(CNC(=O)C2CCCCN2C(=O)c2cccs2)CC1. The highest BCUT2D eigenvalue weighted by atomic mass is 32.1. The number of amides is 2. The Morgan fingerprint density at radius 3 is 2.72 bits per heavy atom. The van der Waals surface area contributed by atoms with Crippen LogP contribution in [0.25, 0.3) is 0 Å². The monoisotopic (exact) mass is 363 g/mol. The van der Waals surface area contributed by atoms with Gasteiger partial charge in [0.15, 0.2) is 0 Å². The van der Waals surface area contributed by atoms with E-state index in [-0.39, 0.29) is 23.3 Å². The fraction of sp³-hybridized carbons (Fsp3) is 0.684. The molecule has 2 amide bonds. The summed E-state index contributed by atoms with van der Waals surface area (Å²) in [6.07, 6.45) is 4.96. The van der Waals surface area contributed by atoms with Gasteiger partial charge in [-0.3, -0.25) is 9.59 Å². The van der Waals surface area contributed by atoms with E-state index in [4.69, 9.17) is 0 Å². The highest BCUT2D eigenvalue weighted by Gasteiger charge is 2.35. The molecule has 0 bridgehead atoms. The van der Waals surface area contributed by atoms with E-state index in [1.54, 1.807) is 4.90 Å². The van der Waals surface area contributed by atoms with Crippen molar-refractivity contribution < 1.29 is 9.59 Å². The van der Waals surface area contributed by atoms with Crippen LogP contribution in [0.2, 0.25) is 0 Å². The van der Waals surface area contributed by atoms with Crippen LogP contribution in [0.1, 0.15) is 48.7 Å². The van der Waals surface area contributed by atoms with E-state index in [2.05, 4.69) is 24.2 Å². The summed E-state index contributed by atoms with van der Waals surface area (Å²) in [4.78, 5) is 30.4. The second kappa shape index (κ2) is 7.87. The van der Waals surface area contributed by atoms with Crippen molar-refractivity contribution >= 4 is 23.2 Å². The molecular weight excluding hydrogens is 334 g/mol. The van der Waals surface area contributed by atoms with Gasteiger partial charge in [-0.25, -0.2) is 0 Å². The molecule has 25 heavy (non-hydrogen) atoms. The maximum Gasteiger partial charge on any atom is 0.264 e. The van der Waals surface area contributed by atoms with E-state index >= 15 is 0 Å². The van der Waals surface area contributed by atoms with Crippen molar-refractivity contribution in [2.24, 2.45) is 5.41 Å². The van der Waals surface area contributed by atoms with Gasteiger partial charge in [0, 0.05) is 13.1 Å². The van der Waals surface area contributed by atoms with Gasteiger partial charge in [-0.05, 0) is 69.1 Å². The van der Waals surface area contributed by atoms with Gasteiger partial charge in [-0.2, -0.15) is 0 Å². The molecule has 2 aliphatic rings. The fourth-order valence-electron chi connectivity index (χ4n) is 3.74. The quantitative estimate of drug-likeness (QED) is 0.895. The Bertz CT molecular complexity index is 594. The molecule has 3 heterocycles. The number of rotatable bonds is 4. The van der Waals surface area contributed by atoms with E-state index in [1.807, 2.05) is 17.5 Å². The number of carbonyl (C=O) groups excluding carboxylic acids is 2.